The van der Waals surface area contributed by atoms with Crippen molar-refractivity contribution in [1.29, 1.82) is 0 Å². The van der Waals surface area contributed by atoms with Crippen molar-refractivity contribution in [2.24, 2.45) is 11.8 Å². The van der Waals surface area contributed by atoms with Gasteiger partial charge in [0.05, 0.1) is 0 Å². The Morgan fingerprint density at radius 3 is 2.67 bits per heavy atom. The van der Waals surface area contributed by atoms with E-state index in [9.17, 15) is 0 Å². The maximum Gasteiger partial charge on any atom is -0.00180 e. The minimum absolute atomic E-state index is 0.963. The lowest BCUT2D eigenvalue weighted by Gasteiger charge is -2.36. The van der Waals surface area contributed by atoms with Crippen molar-refractivity contribution >= 4 is 0 Å². The van der Waals surface area contributed by atoms with Crippen molar-refractivity contribution in [2.75, 3.05) is 13.1 Å². The van der Waals surface area contributed by atoms with Gasteiger partial charge in [-0.1, -0.05) is 13.0 Å². The first-order valence-corrected chi connectivity index (χ1v) is 5.20. The fourth-order valence-electron chi connectivity index (χ4n) is 1.95. The number of hydrogen-bond acceptors (Lipinski definition) is 1. The van der Waals surface area contributed by atoms with Gasteiger partial charge in [-0.3, -0.25) is 0 Å². The maximum absolute atomic E-state index is 3.76. The van der Waals surface area contributed by atoms with Crippen molar-refractivity contribution in [1.82, 2.24) is 5.32 Å². The molecule has 0 saturated heterocycles. The first kappa shape index (κ1) is 9.79. The molecule has 0 aliphatic heterocycles. The molecular formula is C11H21N. The Bertz CT molecular complexity index is 131. The predicted octanol–water partition coefficient (Wildman–Crippen LogP) is 2.59. The molecule has 0 amide bonds. The molecule has 1 aliphatic carbocycles. The van der Waals surface area contributed by atoms with E-state index in [1.165, 1.54) is 32.2 Å². The number of allylic oxidation sites excluding steroid dienone is 1. The molecule has 1 nitrogen and oxygen atoms in total. The fraction of sp³-hybridized carbons (Fsp3) is 0.818. The van der Waals surface area contributed by atoms with Crippen LogP contribution in [-0.4, -0.2) is 13.1 Å². The zero-order chi connectivity index (χ0) is 8.81. The van der Waals surface area contributed by atoms with Gasteiger partial charge in [0.2, 0.25) is 0 Å². The van der Waals surface area contributed by atoms with Gasteiger partial charge < -0.3 is 5.32 Å². The van der Waals surface area contributed by atoms with Gasteiger partial charge in [0.15, 0.2) is 0 Å². The van der Waals surface area contributed by atoms with E-state index in [-0.39, 0.29) is 0 Å². The molecule has 0 aromatic carbocycles. The first-order chi connectivity index (χ1) is 5.88. The molecule has 1 saturated carbocycles. The molecule has 0 aromatic heterocycles. The smallest absolute Gasteiger partial charge is 0.00180 e. The largest absolute Gasteiger partial charge is 0.317 e. The Balaban J connectivity index is 2.06. The van der Waals surface area contributed by atoms with E-state index >= 15 is 0 Å². The van der Waals surface area contributed by atoms with Crippen molar-refractivity contribution in [3.63, 3.8) is 0 Å². The van der Waals surface area contributed by atoms with E-state index in [1.54, 1.807) is 0 Å². The molecule has 0 spiro atoms. The maximum atomic E-state index is 3.76. The zero-order valence-electron chi connectivity index (χ0n) is 8.18. The molecule has 1 heteroatoms. The van der Waals surface area contributed by atoms with Crippen molar-refractivity contribution in [3.05, 3.63) is 12.7 Å². The Morgan fingerprint density at radius 2 is 2.17 bits per heavy atom. The molecule has 2 unspecified atom stereocenters. The average molecular weight is 167 g/mol. The summed E-state index contributed by atoms with van der Waals surface area (Å²) in [5, 5.41) is 3.43. The minimum atomic E-state index is 0.963. The Labute approximate surface area is 76.2 Å². The monoisotopic (exact) mass is 167 g/mol. The normalized spacial score (nSPS) is 28.1. The van der Waals surface area contributed by atoms with E-state index in [2.05, 4.69) is 18.8 Å². The minimum Gasteiger partial charge on any atom is -0.317 e. The van der Waals surface area contributed by atoms with E-state index in [0.29, 0.717) is 0 Å². The van der Waals surface area contributed by atoms with Crippen LogP contribution in [0.3, 0.4) is 0 Å². The van der Waals surface area contributed by atoms with Crippen LogP contribution < -0.4 is 5.32 Å². The lowest BCUT2D eigenvalue weighted by molar-refractivity contribution is 0.162. The van der Waals surface area contributed by atoms with Crippen LogP contribution in [0.2, 0.25) is 0 Å². The second kappa shape index (κ2) is 5.36. The van der Waals surface area contributed by atoms with Crippen LogP contribution in [0.1, 0.15) is 32.6 Å². The molecular weight excluding hydrogens is 146 g/mol. The van der Waals surface area contributed by atoms with Crippen LogP contribution in [0, 0.1) is 11.8 Å². The lowest BCUT2D eigenvalue weighted by Crippen LogP contribution is -2.35. The molecule has 0 aromatic rings. The molecule has 1 aliphatic rings. The summed E-state index contributed by atoms with van der Waals surface area (Å²) in [7, 11) is 0. The van der Waals surface area contributed by atoms with E-state index in [1.807, 2.05) is 6.08 Å². The second-order valence-corrected chi connectivity index (χ2v) is 3.77. The third-order valence-electron chi connectivity index (χ3n) is 2.97. The van der Waals surface area contributed by atoms with Gasteiger partial charge in [-0.25, -0.2) is 0 Å². The molecule has 1 rings (SSSR count). The average Bonchev–Trinajstić information content (AvgIpc) is 2.04. The molecule has 12 heavy (non-hydrogen) atoms. The molecule has 0 heterocycles. The van der Waals surface area contributed by atoms with Crippen LogP contribution in [0.5, 0.6) is 0 Å². The standard InChI is InChI=1S/C11H21N/c1-3-5-6-10-7-8-11(10)9-12-4-2/h3,10-12H,1,4-9H2,2H3. The van der Waals surface area contributed by atoms with Crippen molar-refractivity contribution in [3.8, 4) is 0 Å². The van der Waals surface area contributed by atoms with Crippen LogP contribution in [-0.2, 0) is 0 Å². The Hall–Kier alpha value is -0.300. The summed E-state index contributed by atoms with van der Waals surface area (Å²) in [6, 6.07) is 0. The van der Waals surface area contributed by atoms with E-state index < -0.39 is 0 Å². The van der Waals surface area contributed by atoms with Crippen LogP contribution in [0.25, 0.3) is 0 Å². The summed E-state index contributed by atoms with van der Waals surface area (Å²) in [5.41, 5.74) is 0. The van der Waals surface area contributed by atoms with Gasteiger partial charge in [-0.05, 0) is 50.6 Å². The van der Waals surface area contributed by atoms with Crippen LogP contribution >= 0.6 is 0 Å². The van der Waals surface area contributed by atoms with Gasteiger partial charge in [0, 0.05) is 0 Å². The highest BCUT2D eigenvalue weighted by Crippen LogP contribution is 2.36. The third kappa shape index (κ3) is 2.63. The van der Waals surface area contributed by atoms with E-state index in [4.69, 9.17) is 0 Å². The van der Waals surface area contributed by atoms with Gasteiger partial charge in [0.25, 0.3) is 0 Å². The quantitative estimate of drug-likeness (QED) is 0.600. The van der Waals surface area contributed by atoms with Gasteiger partial charge in [-0.15, -0.1) is 6.58 Å². The number of nitrogens with one attached hydrogen (secondary N) is 1. The van der Waals surface area contributed by atoms with Gasteiger partial charge >= 0.3 is 0 Å². The molecule has 2 atom stereocenters. The molecule has 0 radical (unpaired) electrons. The molecule has 1 N–H and O–H groups in total. The Kier molecular flexibility index (Phi) is 4.37. The highest BCUT2D eigenvalue weighted by molar-refractivity contribution is 4.84. The Morgan fingerprint density at radius 1 is 1.42 bits per heavy atom. The first-order valence-electron chi connectivity index (χ1n) is 5.20. The van der Waals surface area contributed by atoms with Crippen LogP contribution in [0.15, 0.2) is 12.7 Å². The summed E-state index contributed by atoms with van der Waals surface area (Å²) in [4.78, 5) is 0. The summed E-state index contributed by atoms with van der Waals surface area (Å²) >= 11 is 0. The second-order valence-electron chi connectivity index (χ2n) is 3.77. The number of rotatable bonds is 6. The molecule has 70 valence electrons. The molecule has 0 bridgehead atoms. The zero-order valence-corrected chi connectivity index (χ0v) is 8.18. The lowest BCUT2D eigenvalue weighted by atomic mass is 9.71. The number of hydrogen-bond donors (Lipinski definition) is 1. The topological polar surface area (TPSA) is 12.0 Å². The summed E-state index contributed by atoms with van der Waals surface area (Å²) < 4.78 is 0. The van der Waals surface area contributed by atoms with Crippen molar-refractivity contribution < 1.29 is 0 Å². The summed E-state index contributed by atoms with van der Waals surface area (Å²) in [5.74, 6) is 1.95. The summed E-state index contributed by atoms with van der Waals surface area (Å²) in [6.07, 6.45) is 7.49. The third-order valence-corrected chi connectivity index (χ3v) is 2.97. The molecule has 1 fully saturated rings. The van der Waals surface area contributed by atoms with Gasteiger partial charge in [0.1, 0.15) is 0 Å². The van der Waals surface area contributed by atoms with Gasteiger partial charge in [-0.2, -0.15) is 0 Å². The van der Waals surface area contributed by atoms with Crippen LogP contribution in [0.4, 0.5) is 0 Å². The highest BCUT2D eigenvalue weighted by atomic mass is 14.9. The van der Waals surface area contributed by atoms with E-state index in [0.717, 1.165) is 18.4 Å². The summed E-state index contributed by atoms with van der Waals surface area (Å²) in [6.45, 7) is 8.29. The fourth-order valence-corrected chi connectivity index (χ4v) is 1.95. The van der Waals surface area contributed by atoms with Crippen molar-refractivity contribution in [2.45, 2.75) is 32.6 Å². The SMILES string of the molecule is C=CCCC1CCC1CNCC. The highest BCUT2D eigenvalue weighted by Gasteiger charge is 2.28. The predicted molar refractivity (Wildman–Crippen MR) is 54.2 cm³/mol.